The van der Waals surface area contributed by atoms with Crippen molar-refractivity contribution in [2.45, 2.75) is 31.7 Å². The number of carbonyl (C=O) groups excluding carboxylic acids is 1. The highest BCUT2D eigenvalue weighted by atomic mass is 19.1. The lowest BCUT2D eigenvalue weighted by molar-refractivity contribution is -0.146. The minimum Gasteiger partial charge on any atom is -0.469 e. The summed E-state index contributed by atoms with van der Waals surface area (Å²) in [6, 6.07) is 6.36. The molecule has 4 nitrogen and oxygen atoms in total. The Bertz CT molecular complexity index is 531. The number of carbonyl (C=O) groups is 1. The molecule has 0 radical (unpaired) electrons. The molecule has 0 aliphatic heterocycles. The first-order valence-corrected chi connectivity index (χ1v) is 6.67. The summed E-state index contributed by atoms with van der Waals surface area (Å²) in [5.41, 5.74) is 0.916. The Morgan fingerprint density at radius 3 is 2.65 bits per heavy atom. The molecule has 0 amide bonds. The average Bonchev–Trinajstić information content (AvgIpc) is 2.46. The SMILES string of the molecule is COC(=O)[C@H]1CC[C@@H](Nc2cc(F)cc(C#N)c2)CC1. The lowest BCUT2D eigenvalue weighted by Gasteiger charge is -2.28. The number of anilines is 1. The Labute approximate surface area is 117 Å². The Morgan fingerprint density at radius 1 is 1.35 bits per heavy atom. The highest BCUT2D eigenvalue weighted by Gasteiger charge is 2.26. The topological polar surface area (TPSA) is 62.1 Å². The van der Waals surface area contributed by atoms with Crippen LogP contribution < -0.4 is 5.32 Å². The summed E-state index contributed by atoms with van der Waals surface area (Å²) >= 11 is 0. The van der Waals surface area contributed by atoms with Crippen LogP contribution in [0.15, 0.2) is 18.2 Å². The van der Waals surface area contributed by atoms with E-state index in [1.54, 1.807) is 6.07 Å². The van der Waals surface area contributed by atoms with E-state index in [0.29, 0.717) is 11.3 Å². The summed E-state index contributed by atoms with van der Waals surface area (Å²) in [5.74, 6) is -0.601. The molecule has 1 aromatic carbocycles. The number of hydrogen-bond acceptors (Lipinski definition) is 4. The summed E-state index contributed by atoms with van der Waals surface area (Å²) < 4.78 is 18.1. The summed E-state index contributed by atoms with van der Waals surface area (Å²) in [6.45, 7) is 0. The molecule has 20 heavy (non-hydrogen) atoms. The van der Waals surface area contributed by atoms with Gasteiger partial charge in [0.05, 0.1) is 24.7 Å². The van der Waals surface area contributed by atoms with Crippen LogP contribution in [-0.2, 0) is 9.53 Å². The van der Waals surface area contributed by atoms with Gasteiger partial charge in [-0.15, -0.1) is 0 Å². The second-order valence-electron chi connectivity index (χ2n) is 5.06. The van der Waals surface area contributed by atoms with Crippen molar-refractivity contribution in [1.29, 1.82) is 5.26 Å². The standard InChI is InChI=1S/C15H17FN2O2/c1-20-15(19)11-2-4-13(5-3-11)18-14-7-10(9-17)6-12(16)8-14/h6-8,11,13,18H,2-5H2,1H3/t11-,13+. The molecule has 1 N–H and O–H groups in total. The lowest BCUT2D eigenvalue weighted by atomic mass is 9.86. The second-order valence-corrected chi connectivity index (χ2v) is 5.06. The summed E-state index contributed by atoms with van der Waals surface area (Å²) in [5, 5.41) is 12.1. The number of esters is 1. The van der Waals surface area contributed by atoms with Crippen molar-refractivity contribution in [3.63, 3.8) is 0 Å². The molecule has 5 heteroatoms. The molecular weight excluding hydrogens is 259 g/mol. The van der Waals surface area contributed by atoms with Crippen LogP contribution in [0.3, 0.4) is 0 Å². The summed E-state index contributed by atoms with van der Waals surface area (Å²) in [7, 11) is 1.41. The van der Waals surface area contributed by atoms with E-state index in [-0.39, 0.29) is 17.9 Å². The fourth-order valence-corrected chi connectivity index (χ4v) is 2.61. The molecule has 106 valence electrons. The Kier molecular flexibility index (Phi) is 4.57. The number of methoxy groups -OCH3 is 1. The van der Waals surface area contributed by atoms with Gasteiger partial charge in [0, 0.05) is 11.7 Å². The van der Waals surface area contributed by atoms with Crippen LogP contribution in [-0.4, -0.2) is 19.1 Å². The molecule has 1 aromatic rings. The maximum absolute atomic E-state index is 13.3. The van der Waals surface area contributed by atoms with Crippen molar-refractivity contribution in [3.8, 4) is 6.07 Å². The van der Waals surface area contributed by atoms with E-state index in [1.165, 1.54) is 19.2 Å². The smallest absolute Gasteiger partial charge is 0.308 e. The van der Waals surface area contributed by atoms with Crippen molar-refractivity contribution in [2.24, 2.45) is 5.92 Å². The number of rotatable bonds is 3. The van der Waals surface area contributed by atoms with E-state index in [0.717, 1.165) is 25.7 Å². The number of hydrogen-bond donors (Lipinski definition) is 1. The third-order valence-electron chi connectivity index (χ3n) is 3.66. The molecule has 0 heterocycles. The van der Waals surface area contributed by atoms with Gasteiger partial charge in [0.2, 0.25) is 0 Å². The molecule has 0 unspecified atom stereocenters. The molecule has 0 bridgehead atoms. The lowest BCUT2D eigenvalue weighted by Crippen LogP contribution is -2.29. The number of benzene rings is 1. The first-order valence-electron chi connectivity index (χ1n) is 6.67. The first-order chi connectivity index (χ1) is 9.62. The fourth-order valence-electron chi connectivity index (χ4n) is 2.61. The van der Waals surface area contributed by atoms with Crippen molar-refractivity contribution in [1.82, 2.24) is 0 Å². The third-order valence-corrected chi connectivity index (χ3v) is 3.66. The van der Waals surface area contributed by atoms with E-state index < -0.39 is 5.82 Å². The molecule has 0 spiro atoms. The monoisotopic (exact) mass is 276 g/mol. The van der Waals surface area contributed by atoms with Crippen LogP contribution in [0.4, 0.5) is 10.1 Å². The van der Waals surface area contributed by atoms with Crippen LogP contribution in [0.5, 0.6) is 0 Å². The van der Waals surface area contributed by atoms with Gasteiger partial charge in [-0.3, -0.25) is 4.79 Å². The molecule has 2 rings (SSSR count). The van der Waals surface area contributed by atoms with Crippen molar-refractivity contribution in [2.75, 3.05) is 12.4 Å². The molecule has 1 fully saturated rings. The van der Waals surface area contributed by atoms with Crippen LogP contribution in [0.1, 0.15) is 31.2 Å². The Balaban J connectivity index is 1.94. The third kappa shape index (κ3) is 3.47. The summed E-state index contributed by atoms with van der Waals surface area (Å²) in [6.07, 6.45) is 3.20. The number of nitriles is 1. The maximum atomic E-state index is 13.3. The van der Waals surface area contributed by atoms with Crippen LogP contribution in [0, 0.1) is 23.1 Å². The molecule has 0 atom stereocenters. The molecule has 1 aliphatic carbocycles. The average molecular weight is 276 g/mol. The molecule has 1 saturated carbocycles. The van der Waals surface area contributed by atoms with Crippen LogP contribution >= 0.6 is 0 Å². The molecule has 0 aromatic heterocycles. The van der Waals surface area contributed by atoms with Gasteiger partial charge in [0.25, 0.3) is 0 Å². The highest BCUT2D eigenvalue weighted by molar-refractivity contribution is 5.72. The number of nitrogens with one attached hydrogen (secondary N) is 1. The van der Waals surface area contributed by atoms with Crippen LogP contribution in [0.25, 0.3) is 0 Å². The van der Waals surface area contributed by atoms with Gasteiger partial charge in [0.1, 0.15) is 5.82 Å². The van der Waals surface area contributed by atoms with Gasteiger partial charge >= 0.3 is 5.97 Å². The van der Waals surface area contributed by atoms with Crippen molar-refractivity contribution >= 4 is 11.7 Å². The van der Waals surface area contributed by atoms with Gasteiger partial charge < -0.3 is 10.1 Å². The zero-order valence-corrected chi connectivity index (χ0v) is 11.4. The largest absolute Gasteiger partial charge is 0.469 e. The van der Waals surface area contributed by atoms with Crippen molar-refractivity contribution in [3.05, 3.63) is 29.6 Å². The van der Waals surface area contributed by atoms with Crippen molar-refractivity contribution < 1.29 is 13.9 Å². The predicted molar refractivity (Wildman–Crippen MR) is 72.5 cm³/mol. The van der Waals surface area contributed by atoms with Gasteiger partial charge in [0.15, 0.2) is 0 Å². The molecular formula is C15H17FN2O2. The van der Waals surface area contributed by atoms with E-state index in [4.69, 9.17) is 10.00 Å². The fraction of sp³-hybridized carbons (Fsp3) is 0.467. The van der Waals surface area contributed by atoms with E-state index in [2.05, 4.69) is 5.32 Å². The number of halogens is 1. The van der Waals surface area contributed by atoms with E-state index >= 15 is 0 Å². The minimum absolute atomic E-state index is 0.0276. The van der Waals surface area contributed by atoms with Gasteiger partial charge in [-0.25, -0.2) is 4.39 Å². The Morgan fingerprint density at radius 2 is 2.05 bits per heavy atom. The van der Waals surface area contributed by atoms with Gasteiger partial charge in [-0.1, -0.05) is 0 Å². The van der Waals surface area contributed by atoms with Gasteiger partial charge in [-0.05, 0) is 43.9 Å². The second kappa shape index (κ2) is 6.38. The minimum atomic E-state index is -0.421. The number of ether oxygens (including phenoxy) is 1. The zero-order chi connectivity index (χ0) is 14.5. The number of nitrogens with zero attached hydrogens (tertiary/aromatic N) is 1. The summed E-state index contributed by atoms with van der Waals surface area (Å²) in [4.78, 5) is 11.4. The Hall–Kier alpha value is -2.09. The predicted octanol–water partition coefficient (Wildman–Crippen LogP) is 2.84. The normalized spacial score (nSPS) is 21.9. The molecule has 0 saturated heterocycles. The molecule has 1 aliphatic rings. The highest BCUT2D eigenvalue weighted by Crippen LogP contribution is 2.27. The maximum Gasteiger partial charge on any atom is 0.308 e. The van der Waals surface area contributed by atoms with Gasteiger partial charge in [-0.2, -0.15) is 5.26 Å². The van der Waals surface area contributed by atoms with Crippen LogP contribution in [0.2, 0.25) is 0 Å². The van der Waals surface area contributed by atoms with E-state index in [1.807, 2.05) is 6.07 Å². The quantitative estimate of drug-likeness (QED) is 0.862. The van der Waals surface area contributed by atoms with E-state index in [9.17, 15) is 9.18 Å². The first kappa shape index (κ1) is 14.3. The zero-order valence-electron chi connectivity index (χ0n) is 11.4.